The van der Waals surface area contributed by atoms with E-state index in [-0.39, 0.29) is 112 Å². The van der Waals surface area contributed by atoms with E-state index in [0.29, 0.717) is 47.6 Å². The van der Waals surface area contributed by atoms with E-state index in [1.807, 2.05) is 139 Å². The van der Waals surface area contributed by atoms with Crippen molar-refractivity contribution in [3.63, 3.8) is 0 Å². The summed E-state index contributed by atoms with van der Waals surface area (Å²) in [5.74, 6) is -0.240. The average molecular weight is 1860 g/mol. The van der Waals surface area contributed by atoms with Gasteiger partial charge in [-0.15, -0.1) is 0 Å². The Bertz CT molecular complexity index is 5950. The minimum absolute atomic E-state index is 0. The standard InChI is InChI=1S/C30H33N3O.C24H27N3.C23H29N3O.C13H14N2O.C7H8N2.C7H7N2.C6H4N2.HI/c1-30(2,3)23-14-15-26-24(17-23)28-25(27(32-26)21-12-8-5-9-13-21)16-22(29(31)34)19-33(28)18-20-10-6-4-7-11-20;1-24(2,3)18-10-11-21-19(13-18)23-20(12-16(14-25)15-27(23)4)22(26-21)17-8-6-5-7-9-17;1-23(2,3)16-9-10-19-17(12-16)21-18(11-15(13-25-21)22(24)27)20(26-19)14-7-5-4-6-8-14;14-13(16)12-7-4-8-15(10-12)9-11-5-2-1-3-6-11;2*1-9-4-2-3-7(5-8)6-9;7-4-6-2-1-3-8-5-6;/h4-15,17,19,25,27-28,32H,16,18H2,1-3H3,(H2,31,34);5-11,13,15,20,22-23,26H,12H2,1-4H3;4-10,12,15,18,20-21,25-26H,11,13H2,1-3H3,(H2,24,27);1-6,8,10H,7,9H2,(H2,14,16);2,4,6H,3H2,1H3;2-4,6H,1H3;1-3,5H;1H/q;;;;;+1;;/p-1. The van der Waals surface area contributed by atoms with Crippen molar-refractivity contribution in [2.45, 2.75) is 160 Å². The van der Waals surface area contributed by atoms with Crippen LogP contribution in [0.2, 0.25) is 0 Å². The van der Waals surface area contributed by atoms with Gasteiger partial charge in [-0.1, -0.05) is 263 Å². The third-order valence-corrected chi connectivity index (χ3v) is 24.8. The van der Waals surface area contributed by atoms with Crippen molar-refractivity contribution in [2.75, 3.05) is 36.6 Å². The number of aryl methyl sites for hydroxylation is 1. The highest BCUT2D eigenvalue weighted by atomic mass is 127. The number of pyridine rings is 2. The topological polar surface area (TPSA) is 302 Å². The Morgan fingerprint density at radius 2 is 0.939 bits per heavy atom. The summed E-state index contributed by atoms with van der Waals surface area (Å²) < 4.78 is 1.85. The zero-order valence-corrected chi connectivity index (χ0v) is 79.3. The number of aromatic nitrogens is 2. The molecule has 0 radical (unpaired) electrons. The Kier molecular flexibility index (Phi) is 33.5. The number of allylic oxidation sites excluding steroid dienone is 4. The van der Waals surface area contributed by atoms with Crippen molar-refractivity contribution in [1.29, 1.82) is 21.0 Å². The van der Waals surface area contributed by atoms with E-state index in [4.69, 9.17) is 33.0 Å². The maximum Gasteiger partial charge on any atom is 0.246 e. The van der Waals surface area contributed by atoms with Crippen molar-refractivity contribution < 1.29 is 42.9 Å². The van der Waals surface area contributed by atoms with Crippen LogP contribution in [0.5, 0.6) is 0 Å². The first-order valence-electron chi connectivity index (χ1n) is 44.5. The zero-order valence-electron chi connectivity index (χ0n) is 77.1. The van der Waals surface area contributed by atoms with Crippen molar-refractivity contribution in [3.05, 3.63) is 399 Å². The molecule has 2 aromatic heterocycles. The number of hydrogen-bond donors (Lipinski definition) is 7. The van der Waals surface area contributed by atoms with Gasteiger partial charge in [0.1, 0.15) is 24.7 Å². The summed E-state index contributed by atoms with van der Waals surface area (Å²) in [6, 6.07) is 89.4. The molecule has 18 rings (SSSR count). The molecule has 20 nitrogen and oxygen atoms in total. The van der Waals surface area contributed by atoms with E-state index in [1.165, 1.54) is 78.8 Å². The molecule has 3 amide bonds. The van der Waals surface area contributed by atoms with Crippen LogP contribution >= 0.6 is 0 Å². The number of primary amides is 3. The summed E-state index contributed by atoms with van der Waals surface area (Å²) in [5.41, 5.74) is 39.0. The molecule has 10 heterocycles. The number of nitrogens with zero attached hydrogens (tertiary/aromatic N) is 10. The summed E-state index contributed by atoms with van der Waals surface area (Å²) in [4.78, 5) is 47.5. The molecule has 8 aromatic carbocycles. The van der Waals surface area contributed by atoms with Crippen LogP contribution in [0.4, 0.5) is 17.1 Å². The Hall–Kier alpha value is -13.8. The maximum absolute atomic E-state index is 12.4. The van der Waals surface area contributed by atoms with Gasteiger partial charge in [-0.2, -0.15) is 21.0 Å². The van der Waals surface area contributed by atoms with Crippen LogP contribution in [0.3, 0.4) is 0 Å². The van der Waals surface area contributed by atoms with Crippen LogP contribution in [0, 0.1) is 69.0 Å². The lowest BCUT2D eigenvalue weighted by Gasteiger charge is -2.49. The number of carbonyl (C=O) groups is 3. The fourth-order valence-electron chi connectivity index (χ4n) is 18.0. The Balaban J connectivity index is 0.000000156. The fraction of sp³-hybridized carbons (Fsp3) is 0.300. The molecule has 10 aromatic rings. The van der Waals surface area contributed by atoms with Crippen LogP contribution < -0.4 is 67.0 Å². The van der Waals surface area contributed by atoms with Crippen molar-refractivity contribution in [1.82, 2.24) is 29.9 Å². The molecule has 131 heavy (non-hydrogen) atoms. The zero-order chi connectivity index (χ0) is 92.8. The van der Waals surface area contributed by atoms with Crippen molar-refractivity contribution in [2.24, 2.45) is 47.9 Å². The van der Waals surface area contributed by atoms with Gasteiger partial charge in [0.05, 0.1) is 53.8 Å². The highest BCUT2D eigenvalue weighted by molar-refractivity contribution is 5.93. The third-order valence-electron chi connectivity index (χ3n) is 24.8. The van der Waals surface area contributed by atoms with E-state index in [9.17, 15) is 19.6 Å². The first-order chi connectivity index (χ1) is 62.4. The lowest BCUT2D eigenvalue weighted by atomic mass is 9.71. The first kappa shape index (κ1) is 97.8. The van der Waals surface area contributed by atoms with Gasteiger partial charge in [-0.25, -0.2) is 4.57 Å². The quantitative estimate of drug-likeness (QED) is 0.0494. The van der Waals surface area contributed by atoms with Gasteiger partial charge in [0.15, 0.2) is 12.4 Å². The number of piperidine rings is 1. The second-order valence-electron chi connectivity index (χ2n) is 37.4. The SMILES string of the molecule is CC(C)(C)c1ccc2c(c1)C1C(CC(C(N)=O)=CN1Cc1ccccc1)C(c1ccccc1)N2.CC(C)(C)c1ccc2c(c1)C1NCC(C(N)=O)CC1C(c1ccccc1)N2.CN1C=C(C#N)CC2C(c3ccccc3)Nc3ccc(C(C)(C)C)cc3C21.CN1C=CCC(C#N)=C1.C[n+]1cccc(C#N)c1.N#Cc1cccnc1.NC(=O)C1=CN(Cc2ccccc2)C=CC1.[I-]. The maximum atomic E-state index is 12.4. The van der Waals surface area contributed by atoms with E-state index in [1.54, 1.807) is 30.6 Å². The second kappa shape index (κ2) is 44.9. The summed E-state index contributed by atoms with van der Waals surface area (Å²) in [6.45, 7) is 22.4. The number of anilines is 3. The molecule has 8 aliphatic heterocycles. The molecular weight excluding hydrogens is 1730 g/mol. The van der Waals surface area contributed by atoms with Gasteiger partial charge in [0.25, 0.3) is 0 Å². The van der Waals surface area contributed by atoms with Gasteiger partial charge in [0, 0.05) is 153 Å². The van der Waals surface area contributed by atoms with Crippen LogP contribution in [0.1, 0.15) is 203 Å². The predicted molar refractivity (Wildman–Crippen MR) is 517 cm³/mol. The lowest BCUT2D eigenvalue weighted by molar-refractivity contribution is -0.671. The Morgan fingerprint density at radius 1 is 0.473 bits per heavy atom. The van der Waals surface area contributed by atoms with Crippen LogP contribution in [0.15, 0.2) is 327 Å². The summed E-state index contributed by atoms with van der Waals surface area (Å²) in [5, 5.41) is 49.6. The number of benzene rings is 8. The van der Waals surface area contributed by atoms with E-state index in [2.05, 4.69) is 287 Å². The number of hydrogen-bond acceptors (Lipinski definition) is 16. The highest BCUT2D eigenvalue weighted by Gasteiger charge is 2.47. The molecule has 0 spiro atoms. The fourth-order valence-corrected chi connectivity index (χ4v) is 18.0. The molecule has 10 unspecified atom stereocenters. The summed E-state index contributed by atoms with van der Waals surface area (Å²) in [7, 11) is 5.91. The number of carbonyl (C=O) groups excluding carboxylic acids is 3. The number of nitrogens with two attached hydrogens (primary N) is 3. The number of rotatable bonds is 10. The Morgan fingerprint density at radius 3 is 1.38 bits per heavy atom. The smallest absolute Gasteiger partial charge is 0.246 e. The van der Waals surface area contributed by atoms with Crippen molar-refractivity contribution >= 4 is 34.8 Å². The Labute approximate surface area is 791 Å². The summed E-state index contributed by atoms with van der Waals surface area (Å²) in [6.07, 6.45) is 26.0. The lowest BCUT2D eigenvalue weighted by Crippen LogP contribution is -3.00. The number of fused-ring (bicyclic) bond motifs is 9. The number of amides is 3. The van der Waals surface area contributed by atoms with Crippen LogP contribution in [-0.2, 0) is 50.8 Å². The van der Waals surface area contributed by atoms with Gasteiger partial charge in [0.2, 0.25) is 17.7 Å². The monoisotopic (exact) mass is 1860 g/mol. The average Bonchev–Trinajstić information content (AvgIpc) is 0.780. The molecule has 8 aliphatic rings. The molecular formula is C110H122IN17O3. The number of halogens is 1. The van der Waals surface area contributed by atoms with Crippen molar-refractivity contribution in [3.8, 4) is 24.3 Å². The molecule has 672 valence electrons. The third kappa shape index (κ3) is 25.8. The minimum atomic E-state index is -0.345. The highest BCUT2D eigenvalue weighted by Crippen LogP contribution is 2.55. The largest absolute Gasteiger partial charge is 1.00 e. The second-order valence-corrected chi connectivity index (χ2v) is 37.4. The molecule has 0 aliphatic carbocycles. The van der Waals surface area contributed by atoms with E-state index >= 15 is 0 Å². The number of nitriles is 4. The van der Waals surface area contributed by atoms with Gasteiger partial charge in [-0.3, -0.25) is 19.4 Å². The predicted octanol–water partition coefficient (Wildman–Crippen LogP) is 16.9. The molecule has 1 saturated heterocycles. The van der Waals surface area contributed by atoms with Crippen LogP contribution in [0.25, 0.3) is 0 Å². The molecule has 10 atom stereocenters. The van der Waals surface area contributed by atoms with E-state index in [0.717, 1.165) is 49.2 Å². The van der Waals surface area contributed by atoms with Gasteiger partial charge >= 0.3 is 0 Å². The van der Waals surface area contributed by atoms with E-state index < -0.39 is 0 Å². The van der Waals surface area contributed by atoms with Gasteiger partial charge in [-0.05, 0) is 146 Å². The minimum Gasteiger partial charge on any atom is -1.00 e. The molecule has 1 fully saturated rings. The normalized spacial score (nSPS) is 20.2. The molecule has 21 heteroatoms. The van der Waals surface area contributed by atoms with Gasteiger partial charge < -0.3 is 82.0 Å². The molecule has 0 bridgehead atoms. The first-order valence-corrected chi connectivity index (χ1v) is 44.5. The van der Waals surface area contributed by atoms with Crippen LogP contribution in [-0.4, -0.2) is 62.9 Å². The molecule has 0 saturated carbocycles. The molecule has 10 N–H and O–H groups in total. The number of nitrogens with one attached hydrogen (secondary N) is 4. The summed E-state index contributed by atoms with van der Waals surface area (Å²) >= 11 is 0.